The molecule has 4 aromatic rings. The summed E-state index contributed by atoms with van der Waals surface area (Å²) in [5.41, 5.74) is 10.7. The molecule has 0 heterocycles. The summed E-state index contributed by atoms with van der Waals surface area (Å²) in [5.74, 6) is 6.81. The molecule has 434 valence electrons. The van der Waals surface area contributed by atoms with Crippen LogP contribution in [-0.2, 0) is 30.4 Å². The van der Waals surface area contributed by atoms with E-state index in [9.17, 15) is 0 Å². The fraction of sp³-hybridized carbons (Fsp3) is 0.688. The Bertz CT molecular complexity index is 2040. The van der Waals surface area contributed by atoms with E-state index in [4.69, 9.17) is 4.74 Å². The molecule has 1 nitrogen and oxygen atoms in total. The fourth-order valence-electron chi connectivity index (χ4n) is 14.7. The smallest absolute Gasteiger partial charge is 0.0494 e. The second-order valence-electron chi connectivity index (χ2n) is 26.4. The highest BCUT2D eigenvalue weighted by Crippen LogP contribution is 2.40. The number of hydrogen-bond donors (Lipinski definition) is 0. The molecule has 0 bridgehead atoms. The van der Waals surface area contributed by atoms with Crippen LogP contribution in [0.2, 0.25) is 0 Å². The number of rotatable bonds is 42. The fourth-order valence-corrected chi connectivity index (χ4v) is 14.7. The summed E-state index contributed by atoms with van der Waals surface area (Å²) in [6.07, 6.45) is 49.0. The van der Waals surface area contributed by atoms with E-state index in [0.717, 1.165) is 42.8 Å². The highest BCUT2D eigenvalue weighted by Gasteiger charge is 2.27. The molecule has 0 amide bonds. The predicted octanol–water partition coefficient (Wildman–Crippen LogP) is 23.6. The molecule has 6 rings (SSSR count). The minimum absolute atomic E-state index is 0.584. The summed E-state index contributed by atoms with van der Waals surface area (Å²) in [6.45, 7) is 16.8. The summed E-state index contributed by atoms with van der Waals surface area (Å²) in [6, 6.07) is 40.7. The first-order chi connectivity index (χ1) is 38.3. The average molecular weight is 1060 g/mol. The minimum atomic E-state index is 0.584. The van der Waals surface area contributed by atoms with Gasteiger partial charge >= 0.3 is 0 Å². The molecule has 2 aliphatic carbocycles. The van der Waals surface area contributed by atoms with Crippen LogP contribution in [0.4, 0.5) is 0 Å². The zero-order chi connectivity index (χ0) is 54.8. The Balaban J connectivity index is 0.905. The molecule has 2 aliphatic rings. The topological polar surface area (TPSA) is 9.23 Å². The maximum absolute atomic E-state index is 6.00. The van der Waals surface area contributed by atoms with Gasteiger partial charge in [-0.3, -0.25) is 0 Å². The highest BCUT2D eigenvalue weighted by molar-refractivity contribution is 5.28. The molecule has 4 aromatic carbocycles. The van der Waals surface area contributed by atoms with Crippen molar-refractivity contribution in [1.29, 1.82) is 0 Å². The summed E-state index contributed by atoms with van der Waals surface area (Å²) >= 11 is 0. The van der Waals surface area contributed by atoms with Crippen molar-refractivity contribution in [3.8, 4) is 0 Å². The van der Waals surface area contributed by atoms with Gasteiger partial charge in [0, 0.05) is 13.2 Å². The van der Waals surface area contributed by atoms with E-state index >= 15 is 0 Å². The van der Waals surface area contributed by atoms with Crippen LogP contribution in [0.3, 0.4) is 0 Å². The Kier molecular flexibility index (Phi) is 31.6. The Morgan fingerprint density at radius 1 is 0.385 bits per heavy atom. The van der Waals surface area contributed by atoms with Crippen LogP contribution in [0.25, 0.3) is 0 Å². The van der Waals surface area contributed by atoms with Gasteiger partial charge in [0.05, 0.1) is 0 Å². The largest absolute Gasteiger partial charge is 0.381 e. The Morgan fingerprint density at radius 2 is 0.821 bits per heavy atom. The molecule has 7 unspecified atom stereocenters. The third kappa shape index (κ3) is 24.1. The van der Waals surface area contributed by atoms with E-state index in [1.807, 2.05) is 0 Å². The molecule has 0 aromatic heterocycles. The molecule has 0 radical (unpaired) electrons. The van der Waals surface area contributed by atoms with Crippen molar-refractivity contribution >= 4 is 0 Å². The number of benzene rings is 4. The zero-order valence-corrected chi connectivity index (χ0v) is 51.8. The van der Waals surface area contributed by atoms with Crippen molar-refractivity contribution in [1.82, 2.24) is 0 Å². The molecular weight excluding hydrogens is 941 g/mol. The van der Waals surface area contributed by atoms with Gasteiger partial charge in [0.25, 0.3) is 0 Å². The van der Waals surface area contributed by atoms with Gasteiger partial charge in [0.1, 0.15) is 0 Å². The summed E-state index contributed by atoms with van der Waals surface area (Å²) in [4.78, 5) is 0. The Labute approximate surface area is 483 Å². The number of aryl methyl sites for hydroxylation is 4. The quantitative estimate of drug-likeness (QED) is 0.0402. The lowest BCUT2D eigenvalue weighted by molar-refractivity contribution is 0.0978. The number of unbranched alkanes of at least 4 members (excludes halogenated alkanes) is 11. The molecular formula is C77H120O. The average Bonchev–Trinajstić information content (AvgIpc) is 4.01. The van der Waals surface area contributed by atoms with Gasteiger partial charge in [0.15, 0.2) is 0 Å². The SMILES string of the molecule is CCC(C)c1ccc(CCCCCCC(CCCc2ccccc2)C(C)C(C)c2ccc(CCCCCCC(CCCC3CCCCC3)C(C)C(CC)c3ccc(CCCCCCCCOCC4CCCC4)cc3)cc2)cc1. The molecule has 0 N–H and O–H groups in total. The molecule has 7 atom stereocenters. The van der Waals surface area contributed by atoms with E-state index < -0.39 is 0 Å². The van der Waals surface area contributed by atoms with Gasteiger partial charge < -0.3 is 4.74 Å². The predicted molar refractivity (Wildman–Crippen MR) is 342 cm³/mol. The number of ether oxygens (including phenoxy) is 1. The lowest BCUT2D eigenvalue weighted by Crippen LogP contribution is -2.20. The monoisotopic (exact) mass is 1060 g/mol. The van der Waals surface area contributed by atoms with Gasteiger partial charge in [-0.2, -0.15) is 0 Å². The van der Waals surface area contributed by atoms with E-state index in [-0.39, 0.29) is 0 Å². The van der Waals surface area contributed by atoms with Crippen molar-refractivity contribution in [3.63, 3.8) is 0 Å². The van der Waals surface area contributed by atoms with Crippen molar-refractivity contribution in [2.75, 3.05) is 13.2 Å². The summed E-state index contributed by atoms with van der Waals surface area (Å²) in [5, 5.41) is 0. The van der Waals surface area contributed by atoms with Crippen LogP contribution in [0.15, 0.2) is 103 Å². The second kappa shape index (κ2) is 38.5. The van der Waals surface area contributed by atoms with Crippen molar-refractivity contribution in [2.24, 2.45) is 35.5 Å². The molecule has 2 saturated carbocycles. The van der Waals surface area contributed by atoms with E-state index in [1.54, 1.807) is 16.7 Å². The second-order valence-corrected chi connectivity index (χ2v) is 26.4. The van der Waals surface area contributed by atoms with Crippen LogP contribution in [-0.4, -0.2) is 13.2 Å². The summed E-state index contributed by atoms with van der Waals surface area (Å²) < 4.78 is 6.00. The van der Waals surface area contributed by atoms with Crippen molar-refractivity contribution in [2.45, 2.75) is 290 Å². The molecule has 78 heavy (non-hydrogen) atoms. The standard InChI is InChI=1S/C77H120O/c1-7-62(3)72-54-48-68(49-55-72)38-20-12-14-26-44-73(46-31-42-66-33-22-17-23-34-66)63(4)64(5)75-56-50-69(51-57-75)39-21-13-15-27-45-74(47-32-43-67-35-24-18-25-36-67)65(6)77(8-2)76-58-52-70(53-59-76)37-19-11-9-10-16-30-60-78-61-71-40-28-29-41-71/h17,22-23,33-34,48-59,62-65,67,71,73-74,77H,7-16,18-21,24-32,35-47,60-61H2,1-6H3. The van der Waals surface area contributed by atoms with Gasteiger partial charge in [-0.15, -0.1) is 0 Å². The first kappa shape index (κ1) is 64.0. The Hall–Kier alpha value is -3.16. The van der Waals surface area contributed by atoms with Crippen molar-refractivity contribution < 1.29 is 4.74 Å². The molecule has 0 saturated heterocycles. The minimum Gasteiger partial charge on any atom is -0.381 e. The van der Waals surface area contributed by atoms with Crippen LogP contribution in [0, 0.1) is 35.5 Å². The molecule has 2 fully saturated rings. The zero-order valence-electron chi connectivity index (χ0n) is 51.8. The summed E-state index contributed by atoms with van der Waals surface area (Å²) in [7, 11) is 0. The first-order valence-corrected chi connectivity index (χ1v) is 34.2. The van der Waals surface area contributed by atoms with Gasteiger partial charge in [-0.1, -0.05) is 286 Å². The van der Waals surface area contributed by atoms with Crippen LogP contribution in [0.1, 0.15) is 304 Å². The van der Waals surface area contributed by atoms with Crippen LogP contribution in [0.5, 0.6) is 0 Å². The van der Waals surface area contributed by atoms with Gasteiger partial charge in [-0.05, 0) is 182 Å². The highest BCUT2D eigenvalue weighted by atomic mass is 16.5. The van der Waals surface area contributed by atoms with Gasteiger partial charge in [-0.25, -0.2) is 0 Å². The maximum Gasteiger partial charge on any atom is 0.0494 e. The molecule has 0 aliphatic heterocycles. The first-order valence-electron chi connectivity index (χ1n) is 34.2. The van der Waals surface area contributed by atoms with Gasteiger partial charge in [0.2, 0.25) is 0 Å². The lowest BCUT2D eigenvalue weighted by atomic mass is 9.73. The Morgan fingerprint density at radius 3 is 1.38 bits per heavy atom. The molecule has 0 spiro atoms. The van der Waals surface area contributed by atoms with Crippen LogP contribution < -0.4 is 0 Å². The maximum atomic E-state index is 6.00. The normalized spacial score (nSPS) is 17.2. The van der Waals surface area contributed by atoms with E-state index in [2.05, 4.69) is 145 Å². The third-order valence-electron chi connectivity index (χ3n) is 20.6. The molecule has 1 heteroatoms. The number of hydrogen-bond acceptors (Lipinski definition) is 1. The van der Waals surface area contributed by atoms with E-state index in [1.165, 1.54) is 253 Å². The lowest BCUT2D eigenvalue weighted by Gasteiger charge is -2.32. The third-order valence-corrected chi connectivity index (χ3v) is 20.6. The van der Waals surface area contributed by atoms with Crippen LogP contribution >= 0.6 is 0 Å². The van der Waals surface area contributed by atoms with Crippen molar-refractivity contribution in [3.05, 3.63) is 142 Å². The van der Waals surface area contributed by atoms with E-state index in [0.29, 0.717) is 23.7 Å².